The van der Waals surface area contributed by atoms with Gasteiger partial charge in [0.05, 0.1) is 0 Å². The minimum Gasteiger partial charge on any atom is -0.399 e. The second-order valence-corrected chi connectivity index (χ2v) is 4.41. The Morgan fingerprint density at radius 3 is 2.75 bits per heavy atom. The summed E-state index contributed by atoms with van der Waals surface area (Å²) >= 11 is 0. The van der Waals surface area contributed by atoms with Gasteiger partial charge in [0.15, 0.2) is 0 Å². The molecule has 0 unspecified atom stereocenters. The minimum absolute atomic E-state index is 0.318. The Morgan fingerprint density at radius 2 is 2.00 bits per heavy atom. The number of hydrogen-bond donors (Lipinski definition) is 2. The van der Waals surface area contributed by atoms with Crippen LogP contribution in [-0.4, -0.2) is 5.91 Å². The second kappa shape index (κ2) is 6.02. The van der Waals surface area contributed by atoms with Crippen LogP contribution in [0.1, 0.15) is 11.1 Å². The fourth-order valence-corrected chi connectivity index (χ4v) is 1.75. The van der Waals surface area contributed by atoms with E-state index in [0.29, 0.717) is 16.9 Å². The van der Waals surface area contributed by atoms with E-state index < -0.39 is 0 Å². The highest BCUT2D eigenvalue weighted by Gasteiger charge is 2.05. The van der Waals surface area contributed by atoms with E-state index in [1.165, 1.54) is 12.1 Å². The molecule has 0 spiro atoms. The Hall–Kier alpha value is -2.62. The first-order valence-corrected chi connectivity index (χ1v) is 6.16. The average Bonchev–Trinajstić information content (AvgIpc) is 2.42. The van der Waals surface area contributed by atoms with Gasteiger partial charge in [0.2, 0.25) is 5.91 Å². The Balaban J connectivity index is 2.08. The summed E-state index contributed by atoms with van der Waals surface area (Å²) in [5.74, 6) is -0.663. The zero-order valence-corrected chi connectivity index (χ0v) is 11.1. The number of nitrogens with one attached hydrogen (secondary N) is 1. The van der Waals surface area contributed by atoms with Crippen molar-refractivity contribution in [3.63, 3.8) is 0 Å². The summed E-state index contributed by atoms with van der Waals surface area (Å²) in [6, 6.07) is 11.7. The fourth-order valence-electron chi connectivity index (χ4n) is 1.75. The van der Waals surface area contributed by atoms with Crippen molar-refractivity contribution in [2.45, 2.75) is 6.92 Å². The summed E-state index contributed by atoms with van der Waals surface area (Å²) in [7, 11) is 0. The Morgan fingerprint density at radius 1 is 1.25 bits per heavy atom. The molecule has 1 amide bonds. The maximum absolute atomic E-state index is 13.3. The number of carbonyl (C=O) groups is 1. The molecule has 20 heavy (non-hydrogen) atoms. The highest BCUT2D eigenvalue weighted by atomic mass is 19.1. The smallest absolute Gasteiger partial charge is 0.248 e. The number of carbonyl (C=O) groups excluding carboxylic acids is 1. The molecule has 0 saturated carbocycles. The SMILES string of the molecule is Cc1c(F)cccc1NC(=O)/C=C/c1cccc(N)c1. The third kappa shape index (κ3) is 3.45. The molecule has 0 radical (unpaired) electrons. The van der Waals surface area contributed by atoms with E-state index in [1.54, 1.807) is 37.3 Å². The van der Waals surface area contributed by atoms with Crippen LogP contribution in [-0.2, 0) is 4.79 Å². The van der Waals surface area contributed by atoms with Gasteiger partial charge in [-0.05, 0) is 42.8 Å². The summed E-state index contributed by atoms with van der Waals surface area (Å²) in [4.78, 5) is 11.8. The van der Waals surface area contributed by atoms with Crippen LogP contribution in [0.25, 0.3) is 6.08 Å². The zero-order chi connectivity index (χ0) is 14.5. The molecule has 2 aromatic rings. The molecular weight excluding hydrogens is 255 g/mol. The Bertz CT molecular complexity index is 665. The molecule has 3 N–H and O–H groups in total. The predicted octanol–water partition coefficient (Wildman–Crippen LogP) is 3.37. The van der Waals surface area contributed by atoms with Gasteiger partial charge in [0, 0.05) is 23.0 Å². The maximum Gasteiger partial charge on any atom is 0.248 e. The molecule has 2 rings (SSSR count). The van der Waals surface area contributed by atoms with Crippen molar-refractivity contribution in [1.82, 2.24) is 0 Å². The first-order chi connectivity index (χ1) is 9.56. The standard InChI is InChI=1S/C16H15FN2O/c1-11-14(17)6-3-7-15(11)19-16(20)9-8-12-4-2-5-13(18)10-12/h2-10H,18H2,1H3,(H,19,20)/b9-8+. The summed E-state index contributed by atoms with van der Waals surface area (Å²) < 4.78 is 13.3. The van der Waals surface area contributed by atoms with Crippen molar-refractivity contribution in [3.05, 3.63) is 65.5 Å². The topological polar surface area (TPSA) is 55.1 Å². The van der Waals surface area contributed by atoms with Crippen LogP contribution in [0, 0.1) is 12.7 Å². The fraction of sp³-hybridized carbons (Fsp3) is 0.0625. The molecule has 2 aromatic carbocycles. The number of nitrogens with two attached hydrogens (primary N) is 1. The van der Waals surface area contributed by atoms with Crippen molar-refractivity contribution >= 4 is 23.4 Å². The van der Waals surface area contributed by atoms with Crippen LogP contribution in [0.15, 0.2) is 48.5 Å². The summed E-state index contributed by atoms with van der Waals surface area (Å²) in [6.07, 6.45) is 3.04. The van der Waals surface area contributed by atoms with Crippen molar-refractivity contribution in [2.24, 2.45) is 0 Å². The lowest BCUT2D eigenvalue weighted by Crippen LogP contribution is -2.09. The van der Waals surface area contributed by atoms with Crippen LogP contribution in [0.5, 0.6) is 0 Å². The van der Waals surface area contributed by atoms with E-state index in [1.807, 2.05) is 12.1 Å². The van der Waals surface area contributed by atoms with Crippen molar-refractivity contribution < 1.29 is 9.18 Å². The van der Waals surface area contributed by atoms with Gasteiger partial charge >= 0.3 is 0 Å². The lowest BCUT2D eigenvalue weighted by Gasteiger charge is -2.06. The molecule has 3 nitrogen and oxygen atoms in total. The lowest BCUT2D eigenvalue weighted by molar-refractivity contribution is -0.111. The molecule has 0 saturated heterocycles. The van der Waals surface area contributed by atoms with E-state index in [2.05, 4.69) is 5.32 Å². The molecule has 0 atom stereocenters. The molecule has 0 aliphatic heterocycles. The van der Waals surface area contributed by atoms with E-state index in [0.717, 1.165) is 5.56 Å². The van der Waals surface area contributed by atoms with E-state index in [4.69, 9.17) is 5.73 Å². The first kappa shape index (κ1) is 13.8. The van der Waals surface area contributed by atoms with Crippen molar-refractivity contribution in [2.75, 3.05) is 11.1 Å². The predicted molar refractivity (Wildman–Crippen MR) is 79.7 cm³/mol. The molecule has 0 aliphatic rings. The highest BCUT2D eigenvalue weighted by molar-refractivity contribution is 6.02. The summed E-state index contributed by atoms with van der Waals surface area (Å²) in [5.41, 5.74) is 7.99. The molecule has 4 heteroatoms. The third-order valence-electron chi connectivity index (χ3n) is 2.86. The van der Waals surface area contributed by atoms with E-state index in [9.17, 15) is 9.18 Å². The second-order valence-electron chi connectivity index (χ2n) is 4.41. The highest BCUT2D eigenvalue weighted by Crippen LogP contribution is 2.17. The lowest BCUT2D eigenvalue weighted by atomic mass is 10.1. The van der Waals surface area contributed by atoms with Crippen molar-refractivity contribution in [3.8, 4) is 0 Å². The van der Waals surface area contributed by atoms with Gasteiger partial charge in [-0.25, -0.2) is 4.39 Å². The van der Waals surface area contributed by atoms with Crippen molar-refractivity contribution in [1.29, 1.82) is 0 Å². The molecule has 0 bridgehead atoms. The maximum atomic E-state index is 13.3. The van der Waals surface area contributed by atoms with Gasteiger partial charge in [0.25, 0.3) is 0 Å². The minimum atomic E-state index is -0.345. The number of nitrogen functional groups attached to an aromatic ring is 1. The van der Waals surface area contributed by atoms with Gasteiger partial charge in [-0.1, -0.05) is 18.2 Å². The quantitative estimate of drug-likeness (QED) is 0.663. The number of amides is 1. The van der Waals surface area contributed by atoms with Gasteiger partial charge in [0.1, 0.15) is 5.82 Å². The van der Waals surface area contributed by atoms with Gasteiger partial charge in [-0.3, -0.25) is 4.79 Å². The number of hydrogen-bond acceptors (Lipinski definition) is 2. The zero-order valence-electron chi connectivity index (χ0n) is 11.1. The first-order valence-electron chi connectivity index (χ1n) is 6.16. The molecule has 0 heterocycles. The van der Waals surface area contributed by atoms with Gasteiger partial charge < -0.3 is 11.1 Å². The average molecular weight is 270 g/mol. The molecule has 102 valence electrons. The van der Waals surface area contributed by atoms with E-state index >= 15 is 0 Å². The number of anilines is 2. The monoisotopic (exact) mass is 270 g/mol. The number of halogens is 1. The third-order valence-corrected chi connectivity index (χ3v) is 2.86. The Kier molecular flexibility index (Phi) is 4.15. The molecule has 0 aromatic heterocycles. The largest absolute Gasteiger partial charge is 0.399 e. The normalized spacial score (nSPS) is 10.7. The van der Waals surface area contributed by atoms with Gasteiger partial charge in [-0.2, -0.15) is 0 Å². The summed E-state index contributed by atoms with van der Waals surface area (Å²) in [6.45, 7) is 1.62. The number of rotatable bonds is 3. The molecule has 0 fully saturated rings. The van der Waals surface area contributed by atoms with Crippen LogP contribution in [0.4, 0.5) is 15.8 Å². The van der Waals surface area contributed by atoms with Crippen LogP contribution < -0.4 is 11.1 Å². The summed E-state index contributed by atoms with van der Waals surface area (Å²) in [5, 5.41) is 2.64. The van der Waals surface area contributed by atoms with E-state index in [-0.39, 0.29) is 11.7 Å². The molecular formula is C16H15FN2O. The number of benzene rings is 2. The molecule has 0 aliphatic carbocycles. The van der Waals surface area contributed by atoms with Crippen LogP contribution in [0.3, 0.4) is 0 Å². The van der Waals surface area contributed by atoms with Gasteiger partial charge in [-0.15, -0.1) is 0 Å². The van der Waals surface area contributed by atoms with Crippen LogP contribution in [0.2, 0.25) is 0 Å². The Labute approximate surface area is 116 Å². The van der Waals surface area contributed by atoms with Crippen LogP contribution >= 0.6 is 0 Å².